The highest BCUT2D eigenvalue weighted by molar-refractivity contribution is 5.74. The van der Waals surface area contributed by atoms with E-state index in [0.29, 0.717) is 19.3 Å². The molecular weight excluding hydrogens is 525 g/mol. The zero-order valence-electron chi connectivity index (χ0n) is 16.3. The molecule has 1 N–H and O–H groups in total. The van der Waals surface area contributed by atoms with Crippen molar-refractivity contribution in [1.29, 1.82) is 0 Å². The molecule has 34 heavy (non-hydrogen) atoms. The van der Waals surface area contributed by atoms with Crippen molar-refractivity contribution in [3.05, 3.63) is 0 Å². The van der Waals surface area contributed by atoms with E-state index in [1.807, 2.05) is 0 Å². The predicted octanol–water partition coefficient (Wildman–Crippen LogP) is 5.99. The Morgan fingerprint density at radius 3 is 1.47 bits per heavy atom. The van der Waals surface area contributed by atoms with Crippen LogP contribution in [0.5, 0.6) is 0 Å². The Hall–Kier alpha value is -1.62. The topological polar surface area (TPSA) is 46.5 Å². The summed E-state index contributed by atoms with van der Waals surface area (Å²) in [5, 5.41) is 9.27. The minimum absolute atomic E-state index is 0.123. The van der Waals surface area contributed by atoms with Gasteiger partial charge >= 0.3 is 47.7 Å². The largest absolute Gasteiger partial charge is 0.460 e. The molecule has 0 aromatic carbocycles. The number of alkyl halides is 15. The Balaban J connectivity index is 3.23. The van der Waals surface area contributed by atoms with Gasteiger partial charge in [-0.25, -0.2) is 4.79 Å². The molecule has 0 spiro atoms. The van der Waals surface area contributed by atoms with Gasteiger partial charge in [0.25, 0.3) is 0 Å². The lowest BCUT2D eigenvalue weighted by atomic mass is 9.89. The Bertz CT molecular complexity index is 726. The molecule has 0 aromatic rings. The van der Waals surface area contributed by atoms with Crippen molar-refractivity contribution in [3.63, 3.8) is 0 Å². The second kappa shape index (κ2) is 9.11. The van der Waals surface area contributed by atoms with Gasteiger partial charge < -0.3 is 9.84 Å². The first kappa shape index (κ1) is 30.4. The van der Waals surface area contributed by atoms with E-state index >= 15 is 0 Å². The molecule has 1 aliphatic rings. The molecule has 3 nitrogen and oxygen atoms in total. The van der Waals surface area contributed by atoms with Gasteiger partial charge in [0, 0.05) is 0 Å². The van der Waals surface area contributed by atoms with Crippen LogP contribution in [-0.2, 0) is 9.53 Å². The summed E-state index contributed by atoms with van der Waals surface area (Å²) < 4.78 is 201. The van der Waals surface area contributed by atoms with Crippen molar-refractivity contribution >= 4 is 5.97 Å². The fourth-order valence-corrected chi connectivity index (χ4v) is 2.88. The molecule has 0 aliphatic heterocycles. The van der Waals surface area contributed by atoms with Crippen LogP contribution in [0.1, 0.15) is 38.5 Å². The van der Waals surface area contributed by atoms with Crippen LogP contribution in [0, 0.1) is 0 Å². The minimum Gasteiger partial charge on any atom is -0.460 e. The minimum atomic E-state index is -8.42. The normalized spacial score (nSPS) is 19.2. The number of hydrogen-bond donors (Lipinski definition) is 1. The van der Waals surface area contributed by atoms with Crippen LogP contribution in [0.2, 0.25) is 0 Å². The second-order valence-electron chi connectivity index (χ2n) is 7.49. The van der Waals surface area contributed by atoms with Crippen molar-refractivity contribution in [3.8, 4) is 0 Å². The van der Waals surface area contributed by atoms with Gasteiger partial charge in [-0.3, -0.25) is 0 Å². The first-order valence-electron chi connectivity index (χ1n) is 9.10. The van der Waals surface area contributed by atoms with Crippen molar-refractivity contribution in [2.75, 3.05) is 0 Å². The third-order valence-corrected chi connectivity index (χ3v) is 4.95. The summed E-state index contributed by atoms with van der Waals surface area (Å²) in [4.78, 5) is 11.5. The number of hydrogen-bond acceptors (Lipinski definition) is 3. The average Bonchev–Trinajstić information content (AvgIpc) is 2.66. The van der Waals surface area contributed by atoms with Gasteiger partial charge in [-0.05, 0) is 25.7 Å². The molecule has 1 saturated carbocycles. The molecular formula is C16H15F15O3. The Morgan fingerprint density at radius 2 is 1.06 bits per heavy atom. The number of rotatable bonds is 9. The SMILES string of the molecule is O=C(OC1CCCCC1)C(O)CC(F)(F)C(F)(F)C(F)(F)C(F)(F)C(F)(F)C(F)(F)C(F)(F)F. The van der Waals surface area contributed by atoms with E-state index in [-0.39, 0.29) is 12.8 Å². The van der Waals surface area contributed by atoms with Crippen molar-refractivity contribution in [1.82, 2.24) is 0 Å². The highest BCUT2D eigenvalue weighted by Crippen LogP contribution is 2.62. The van der Waals surface area contributed by atoms with E-state index in [1.54, 1.807) is 0 Å². The molecule has 0 amide bonds. The molecule has 18 heteroatoms. The molecule has 1 unspecified atom stereocenters. The molecule has 1 rings (SSSR count). The van der Waals surface area contributed by atoms with Crippen molar-refractivity contribution in [2.45, 2.75) is 92.4 Å². The predicted molar refractivity (Wildman–Crippen MR) is 79.3 cm³/mol. The summed E-state index contributed by atoms with van der Waals surface area (Å²) in [6.45, 7) is 0. The van der Waals surface area contributed by atoms with Gasteiger partial charge in [-0.2, -0.15) is 65.9 Å². The van der Waals surface area contributed by atoms with E-state index in [2.05, 4.69) is 4.74 Å². The van der Waals surface area contributed by atoms with Crippen LogP contribution in [0.3, 0.4) is 0 Å². The molecule has 202 valence electrons. The maximum absolute atomic E-state index is 13.7. The Kier molecular flexibility index (Phi) is 8.15. The van der Waals surface area contributed by atoms with Gasteiger partial charge in [0.2, 0.25) is 0 Å². The van der Waals surface area contributed by atoms with Crippen LogP contribution < -0.4 is 0 Å². The van der Waals surface area contributed by atoms with Gasteiger partial charge in [-0.1, -0.05) is 6.42 Å². The third kappa shape index (κ3) is 4.87. The highest BCUT2D eigenvalue weighted by Gasteiger charge is 2.93. The van der Waals surface area contributed by atoms with Crippen molar-refractivity contribution < 1.29 is 80.5 Å². The van der Waals surface area contributed by atoms with E-state index in [9.17, 15) is 75.8 Å². The molecule has 0 heterocycles. The van der Waals surface area contributed by atoms with E-state index < -0.39 is 66.3 Å². The molecule has 0 saturated heterocycles. The van der Waals surface area contributed by atoms with Gasteiger partial charge in [0.15, 0.2) is 6.10 Å². The van der Waals surface area contributed by atoms with Crippen molar-refractivity contribution in [2.24, 2.45) is 0 Å². The summed E-state index contributed by atoms with van der Waals surface area (Å²) >= 11 is 0. The molecule has 0 radical (unpaired) electrons. The molecule has 1 aliphatic carbocycles. The number of esters is 1. The van der Waals surface area contributed by atoms with Crippen LogP contribution >= 0.6 is 0 Å². The third-order valence-electron chi connectivity index (χ3n) is 4.95. The quantitative estimate of drug-likeness (QED) is 0.289. The van der Waals surface area contributed by atoms with Crippen LogP contribution in [0.15, 0.2) is 0 Å². The zero-order valence-corrected chi connectivity index (χ0v) is 16.3. The lowest BCUT2D eigenvalue weighted by Crippen LogP contribution is -2.72. The lowest BCUT2D eigenvalue weighted by Gasteiger charge is -2.41. The first-order valence-corrected chi connectivity index (χ1v) is 9.10. The number of aliphatic hydroxyl groups is 1. The lowest BCUT2D eigenvalue weighted by molar-refractivity contribution is -0.453. The Morgan fingerprint density at radius 1 is 0.676 bits per heavy atom. The fourth-order valence-electron chi connectivity index (χ4n) is 2.88. The molecule has 1 atom stereocenters. The molecule has 1 fully saturated rings. The number of aliphatic hydroxyl groups excluding tert-OH is 1. The monoisotopic (exact) mass is 540 g/mol. The van der Waals surface area contributed by atoms with Gasteiger partial charge in [0.05, 0.1) is 6.42 Å². The summed E-state index contributed by atoms with van der Waals surface area (Å²) in [5.41, 5.74) is 0. The summed E-state index contributed by atoms with van der Waals surface area (Å²) in [5.74, 6) is -49.7. The van der Waals surface area contributed by atoms with Gasteiger partial charge in [0.1, 0.15) is 6.10 Å². The summed E-state index contributed by atoms with van der Waals surface area (Å²) in [6, 6.07) is 0. The zero-order chi connectivity index (χ0) is 27.2. The number of carbonyl (C=O) groups is 1. The summed E-state index contributed by atoms with van der Waals surface area (Å²) in [6.07, 6.45) is -13.5. The van der Waals surface area contributed by atoms with Crippen LogP contribution in [-0.4, -0.2) is 65.0 Å². The standard InChI is InChI=1S/C16H15F15O3/c17-10(18,6-8(32)9(33)34-7-4-2-1-3-5-7)11(19,20)12(21,22)13(23,24)14(25,26)15(27,28)16(29,30)31/h7-8,32H,1-6H2. The maximum Gasteiger partial charge on any atom is 0.460 e. The molecule has 0 aromatic heterocycles. The summed E-state index contributed by atoms with van der Waals surface area (Å²) in [7, 11) is 0. The number of ether oxygens (including phenoxy) is 1. The van der Waals surface area contributed by atoms with E-state index in [4.69, 9.17) is 0 Å². The molecule has 0 bridgehead atoms. The van der Waals surface area contributed by atoms with Gasteiger partial charge in [-0.15, -0.1) is 0 Å². The van der Waals surface area contributed by atoms with Crippen LogP contribution in [0.25, 0.3) is 0 Å². The van der Waals surface area contributed by atoms with Crippen LogP contribution in [0.4, 0.5) is 65.9 Å². The van der Waals surface area contributed by atoms with E-state index in [1.165, 1.54) is 0 Å². The van der Waals surface area contributed by atoms with E-state index in [0.717, 1.165) is 0 Å². The highest BCUT2D eigenvalue weighted by atomic mass is 19.4. The number of carbonyl (C=O) groups excluding carboxylic acids is 1. The maximum atomic E-state index is 13.7. The smallest absolute Gasteiger partial charge is 0.460 e. The second-order valence-corrected chi connectivity index (χ2v) is 7.49. The first-order chi connectivity index (χ1) is 14.9. The average molecular weight is 540 g/mol. The Labute approximate surface area is 180 Å². The fraction of sp³-hybridized carbons (Fsp3) is 0.938. The number of halogens is 15.